The fraction of sp³-hybridized carbons (Fsp3) is 0. The predicted molar refractivity (Wildman–Crippen MR) is 37.9 cm³/mol. The fourth-order valence-corrected chi connectivity index (χ4v) is 0. The van der Waals surface area contributed by atoms with Crippen molar-refractivity contribution >= 4 is 102 Å². The molecule has 0 aromatic heterocycles. The first-order valence-electron chi connectivity index (χ1n) is 0. The molecule has 4 heavy (non-hydrogen) atoms. The first kappa shape index (κ1) is 26.9. The molecule has 0 aliphatic heterocycles. The Hall–Kier alpha value is 3.22. The van der Waals surface area contributed by atoms with Gasteiger partial charge in [-0.1, -0.05) is 0 Å². The molecular formula is H8Ca2S2. The molecule has 0 unspecified atom stereocenters. The molecule has 0 N–H and O–H groups in total. The summed E-state index contributed by atoms with van der Waals surface area (Å²) in [5, 5.41) is 0. The van der Waals surface area contributed by atoms with Gasteiger partial charge >= 0.3 is 75.5 Å². The predicted octanol–water partition coefficient (Wildman–Crippen LogP) is -1.61. The molecule has 0 spiro atoms. The van der Waals surface area contributed by atoms with Crippen LogP contribution >= 0.6 is 27.0 Å². The Labute approximate surface area is 100.0 Å². The normalized spacial score (nSPS) is 0. The molecule has 0 aromatic rings. The third kappa shape index (κ3) is 8.97. The van der Waals surface area contributed by atoms with E-state index in [0.717, 1.165) is 0 Å². The van der Waals surface area contributed by atoms with Gasteiger partial charge < -0.3 is 0 Å². The van der Waals surface area contributed by atoms with Crippen LogP contribution in [0.15, 0.2) is 0 Å². The first-order valence-corrected chi connectivity index (χ1v) is 0. The molecule has 0 saturated heterocycles. The molecule has 0 aromatic carbocycles. The van der Waals surface area contributed by atoms with E-state index in [9.17, 15) is 0 Å². The number of rotatable bonds is 0. The minimum atomic E-state index is 0. The molecule has 0 aliphatic rings. The molecule has 0 atom stereocenters. The molecule has 0 amide bonds. The topological polar surface area (TPSA) is 0 Å². The van der Waals surface area contributed by atoms with Crippen LogP contribution in [0.4, 0.5) is 0 Å². The number of hydrogen-bond acceptors (Lipinski definition) is 0. The molecule has 0 rings (SSSR count). The summed E-state index contributed by atoms with van der Waals surface area (Å²) < 4.78 is 0. The van der Waals surface area contributed by atoms with Gasteiger partial charge in [0, 0.05) is 0 Å². The summed E-state index contributed by atoms with van der Waals surface area (Å²) >= 11 is 0. The Balaban J connectivity index is 0. The van der Waals surface area contributed by atoms with Crippen LogP contribution in [-0.2, 0) is 0 Å². The molecule has 24 valence electrons. The SMILES string of the molecule is S.S.[CaH2].[CaH2]. The summed E-state index contributed by atoms with van der Waals surface area (Å²) in [5.74, 6) is 0. The van der Waals surface area contributed by atoms with Crippen LogP contribution in [-0.4, -0.2) is 75.5 Å². The average molecular weight is 152 g/mol. The fourth-order valence-electron chi connectivity index (χ4n) is 0. The first-order chi connectivity index (χ1) is 0. The standard InChI is InChI=1S/2Ca.2H2S.4H/h;;2*1H2;;;;. The quantitative estimate of drug-likeness (QED) is 0.367. The van der Waals surface area contributed by atoms with Crippen molar-refractivity contribution < 1.29 is 0 Å². The van der Waals surface area contributed by atoms with Gasteiger partial charge in [0.1, 0.15) is 0 Å². The van der Waals surface area contributed by atoms with Crippen LogP contribution in [0, 0.1) is 0 Å². The minimum absolute atomic E-state index is 0. The summed E-state index contributed by atoms with van der Waals surface area (Å²) in [6.07, 6.45) is 0. The van der Waals surface area contributed by atoms with Crippen molar-refractivity contribution in [2.24, 2.45) is 0 Å². The van der Waals surface area contributed by atoms with E-state index < -0.39 is 0 Å². The summed E-state index contributed by atoms with van der Waals surface area (Å²) in [7, 11) is 0. The monoisotopic (exact) mass is 152 g/mol. The van der Waals surface area contributed by atoms with Crippen LogP contribution in [0.2, 0.25) is 0 Å². The average Bonchev–Trinajstić information content (AvgIpc) is 0. The third-order valence-electron chi connectivity index (χ3n) is 0. The van der Waals surface area contributed by atoms with Gasteiger partial charge in [0.2, 0.25) is 0 Å². The van der Waals surface area contributed by atoms with E-state index in [4.69, 9.17) is 0 Å². The Morgan fingerprint density at radius 1 is 0.500 bits per heavy atom. The Morgan fingerprint density at radius 3 is 0.500 bits per heavy atom. The zero-order chi connectivity index (χ0) is 0. The molecule has 0 nitrogen and oxygen atoms in total. The number of hydrogen-bond donors (Lipinski definition) is 0. The van der Waals surface area contributed by atoms with Gasteiger partial charge in [-0.15, -0.1) is 0 Å². The Kier molecular flexibility index (Phi) is 110. The Bertz CT molecular complexity index is 4.00. The molecule has 0 heterocycles. The van der Waals surface area contributed by atoms with Gasteiger partial charge in [-0.2, -0.15) is 27.0 Å². The second-order valence-corrected chi connectivity index (χ2v) is 0. The molecule has 0 aliphatic carbocycles. The van der Waals surface area contributed by atoms with E-state index in [1.54, 1.807) is 0 Å². The van der Waals surface area contributed by atoms with E-state index in [2.05, 4.69) is 0 Å². The Morgan fingerprint density at radius 2 is 0.500 bits per heavy atom. The van der Waals surface area contributed by atoms with Gasteiger partial charge in [-0.25, -0.2) is 0 Å². The van der Waals surface area contributed by atoms with Gasteiger partial charge in [0.05, 0.1) is 0 Å². The van der Waals surface area contributed by atoms with Gasteiger partial charge in [-0.05, 0) is 0 Å². The van der Waals surface area contributed by atoms with Crippen molar-refractivity contribution in [1.29, 1.82) is 0 Å². The summed E-state index contributed by atoms with van der Waals surface area (Å²) in [4.78, 5) is 0. The van der Waals surface area contributed by atoms with E-state index in [1.807, 2.05) is 0 Å². The van der Waals surface area contributed by atoms with Crippen LogP contribution in [0.3, 0.4) is 0 Å². The van der Waals surface area contributed by atoms with Gasteiger partial charge in [0.15, 0.2) is 0 Å². The van der Waals surface area contributed by atoms with Crippen molar-refractivity contribution in [2.75, 3.05) is 0 Å². The maximum atomic E-state index is 0. The zero-order valence-corrected chi connectivity index (χ0v) is 3.00. The summed E-state index contributed by atoms with van der Waals surface area (Å²) in [6, 6.07) is 0. The second-order valence-electron chi connectivity index (χ2n) is 0. The summed E-state index contributed by atoms with van der Waals surface area (Å²) in [6.45, 7) is 0. The van der Waals surface area contributed by atoms with Crippen LogP contribution in [0.5, 0.6) is 0 Å². The van der Waals surface area contributed by atoms with Crippen molar-refractivity contribution in [1.82, 2.24) is 0 Å². The molecule has 0 bridgehead atoms. The maximum absolute atomic E-state index is 0. The van der Waals surface area contributed by atoms with E-state index in [0.29, 0.717) is 0 Å². The third-order valence-corrected chi connectivity index (χ3v) is 0. The van der Waals surface area contributed by atoms with Gasteiger partial charge in [-0.3, -0.25) is 0 Å². The van der Waals surface area contributed by atoms with Crippen LogP contribution < -0.4 is 0 Å². The van der Waals surface area contributed by atoms with Gasteiger partial charge in [0.25, 0.3) is 0 Å². The van der Waals surface area contributed by atoms with Crippen LogP contribution in [0.25, 0.3) is 0 Å². The molecule has 0 radical (unpaired) electrons. The molecule has 0 fully saturated rings. The van der Waals surface area contributed by atoms with E-state index >= 15 is 0 Å². The summed E-state index contributed by atoms with van der Waals surface area (Å²) in [5.41, 5.74) is 0. The molecule has 0 saturated carbocycles. The second kappa shape index (κ2) is 16.3. The van der Waals surface area contributed by atoms with E-state index in [1.165, 1.54) is 0 Å². The zero-order valence-electron chi connectivity index (χ0n) is 1.00. The van der Waals surface area contributed by atoms with Crippen molar-refractivity contribution in [3.8, 4) is 0 Å². The van der Waals surface area contributed by atoms with Crippen molar-refractivity contribution in [3.63, 3.8) is 0 Å². The molecular weight excluding hydrogens is 144 g/mol. The van der Waals surface area contributed by atoms with Crippen LogP contribution in [0.1, 0.15) is 0 Å². The van der Waals surface area contributed by atoms with Crippen molar-refractivity contribution in [2.45, 2.75) is 0 Å². The molecule has 4 heteroatoms. The van der Waals surface area contributed by atoms with Crippen molar-refractivity contribution in [3.05, 3.63) is 0 Å². The van der Waals surface area contributed by atoms with E-state index in [-0.39, 0.29) is 102 Å².